The summed E-state index contributed by atoms with van der Waals surface area (Å²) in [5, 5.41) is 6.91. The van der Waals surface area contributed by atoms with Gasteiger partial charge in [0.2, 0.25) is 0 Å². The maximum atomic E-state index is 12.3. The zero-order valence-corrected chi connectivity index (χ0v) is 14.5. The van der Waals surface area contributed by atoms with Crippen molar-refractivity contribution in [3.05, 3.63) is 46.1 Å². The van der Waals surface area contributed by atoms with Crippen molar-refractivity contribution in [1.29, 1.82) is 0 Å². The average Bonchev–Trinajstić information content (AvgIpc) is 2.95. The first-order valence-corrected chi connectivity index (χ1v) is 8.04. The van der Waals surface area contributed by atoms with E-state index in [2.05, 4.69) is 20.4 Å². The largest absolute Gasteiger partial charge is 0.430 e. The van der Waals surface area contributed by atoms with Crippen LogP contribution in [0, 0.1) is 12.8 Å². The molecule has 9 nitrogen and oxygen atoms in total. The maximum Gasteiger partial charge on any atom is 0.335 e. The van der Waals surface area contributed by atoms with Crippen LogP contribution in [0.5, 0.6) is 0 Å². The van der Waals surface area contributed by atoms with Crippen molar-refractivity contribution < 1.29 is 14.0 Å². The summed E-state index contributed by atoms with van der Waals surface area (Å²) < 4.78 is 6.00. The molecule has 134 valence electrons. The minimum Gasteiger partial charge on any atom is -0.430 e. The first-order valence-electron chi connectivity index (χ1n) is 8.04. The van der Waals surface area contributed by atoms with Crippen LogP contribution >= 0.6 is 0 Å². The smallest absolute Gasteiger partial charge is 0.335 e. The van der Waals surface area contributed by atoms with Gasteiger partial charge in [-0.3, -0.25) is 9.59 Å². The number of amides is 2. The first-order chi connectivity index (χ1) is 12.4. The van der Waals surface area contributed by atoms with Gasteiger partial charge in [-0.2, -0.15) is 14.8 Å². The van der Waals surface area contributed by atoms with Crippen LogP contribution in [0.2, 0.25) is 0 Å². The van der Waals surface area contributed by atoms with Gasteiger partial charge in [0.15, 0.2) is 0 Å². The summed E-state index contributed by atoms with van der Waals surface area (Å²) in [4.78, 5) is 43.9. The molecule has 9 heteroatoms. The van der Waals surface area contributed by atoms with Crippen LogP contribution in [-0.2, 0) is 4.79 Å². The van der Waals surface area contributed by atoms with E-state index in [1.807, 2.05) is 6.92 Å². The highest BCUT2D eigenvalue weighted by Crippen LogP contribution is 2.18. The summed E-state index contributed by atoms with van der Waals surface area (Å²) in [6, 6.07) is 4.13. The second-order valence-corrected chi connectivity index (χ2v) is 5.84. The molecule has 0 saturated heterocycles. The molecule has 1 unspecified atom stereocenters. The number of nitrogens with one attached hydrogen (secondary N) is 1. The second-order valence-electron chi connectivity index (χ2n) is 5.84. The van der Waals surface area contributed by atoms with Gasteiger partial charge in [-0.15, -0.1) is 0 Å². The lowest BCUT2D eigenvalue weighted by atomic mass is 10.00. The topological polar surface area (TPSA) is 119 Å². The third-order valence-corrected chi connectivity index (χ3v) is 3.92. The molecule has 1 N–H and O–H groups in total. The third-order valence-electron chi connectivity index (χ3n) is 3.92. The molecule has 1 aliphatic heterocycles. The van der Waals surface area contributed by atoms with Crippen LogP contribution in [0.1, 0.15) is 36.3 Å². The van der Waals surface area contributed by atoms with Crippen LogP contribution in [0.15, 0.2) is 43.7 Å². The van der Waals surface area contributed by atoms with Crippen molar-refractivity contribution in [2.75, 3.05) is 5.32 Å². The molecule has 2 aromatic heterocycles. The van der Waals surface area contributed by atoms with Crippen LogP contribution < -0.4 is 10.9 Å². The lowest BCUT2D eigenvalue weighted by Gasteiger charge is -2.17. The summed E-state index contributed by atoms with van der Waals surface area (Å²) in [6.07, 6.45) is 1.69. The summed E-state index contributed by atoms with van der Waals surface area (Å²) in [6.45, 7) is 5.40. The van der Waals surface area contributed by atoms with Gasteiger partial charge >= 0.3 is 5.63 Å². The van der Waals surface area contributed by atoms with E-state index in [9.17, 15) is 14.4 Å². The van der Waals surface area contributed by atoms with Gasteiger partial charge in [0, 0.05) is 17.8 Å². The SMILES string of the molecule is CCC1C(=O)N=C(n2nc(C)cc2NC(=O)c2ccc(=O)oc2)N=C1C. The Morgan fingerprint density at radius 1 is 1.27 bits per heavy atom. The van der Waals surface area contributed by atoms with Crippen molar-refractivity contribution in [3.63, 3.8) is 0 Å². The molecule has 0 saturated carbocycles. The highest BCUT2D eigenvalue weighted by Gasteiger charge is 2.26. The monoisotopic (exact) mass is 355 g/mol. The highest BCUT2D eigenvalue weighted by atomic mass is 16.4. The zero-order valence-electron chi connectivity index (χ0n) is 14.5. The quantitative estimate of drug-likeness (QED) is 0.897. The van der Waals surface area contributed by atoms with Crippen molar-refractivity contribution in [2.24, 2.45) is 15.9 Å². The molecule has 1 atom stereocenters. The molecule has 0 bridgehead atoms. The first kappa shape index (κ1) is 17.5. The maximum absolute atomic E-state index is 12.3. The van der Waals surface area contributed by atoms with E-state index in [0.29, 0.717) is 23.6 Å². The van der Waals surface area contributed by atoms with Crippen LogP contribution in [-0.4, -0.2) is 33.3 Å². The number of carbonyl (C=O) groups excluding carboxylic acids is 2. The molecular formula is C17H17N5O4. The second kappa shape index (κ2) is 6.87. The molecule has 0 aliphatic carbocycles. The molecule has 1 aliphatic rings. The summed E-state index contributed by atoms with van der Waals surface area (Å²) >= 11 is 0. The Kier molecular flexibility index (Phi) is 4.61. The van der Waals surface area contributed by atoms with E-state index in [1.165, 1.54) is 10.7 Å². The Bertz CT molecular complexity index is 978. The molecule has 3 heterocycles. The van der Waals surface area contributed by atoms with Crippen molar-refractivity contribution >= 4 is 29.3 Å². The van der Waals surface area contributed by atoms with Crippen LogP contribution in [0.25, 0.3) is 0 Å². The van der Waals surface area contributed by atoms with Crippen LogP contribution in [0.3, 0.4) is 0 Å². The Hall–Kier alpha value is -3.36. The fourth-order valence-electron chi connectivity index (χ4n) is 2.60. The predicted octanol–water partition coefficient (Wildman–Crippen LogP) is 1.63. The molecule has 2 aromatic rings. The molecule has 0 aromatic carbocycles. The minimum absolute atomic E-state index is 0.0974. The molecule has 0 fully saturated rings. The summed E-state index contributed by atoms with van der Waals surface area (Å²) in [7, 11) is 0. The van der Waals surface area contributed by atoms with Crippen molar-refractivity contribution in [2.45, 2.75) is 27.2 Å². The Morgan fingerprint density at radius 2 is 2.04 bits per heavy atom. The van der Waals surface area contributed by atoms with Gasteiger partial charge in [0.25, 0.3) is 17.8 Å². The van der Waals surface area contributed by atoms with E-state index in [-0.39, 0.29) is 23.3 Å². The highest BCUT2D eigenvalue weighted by molar-refractivity contribution is 6.15. The average molecular weight is 355 g/mol. The van der Waals surface area contributed by atoms with Gasteiger partial charge in [-0.1, -0.05) is 6.92 Å². The Labute approximate surface area is 148 Å². The van der Waals surface area contributed by atoms with Crippen molar-refractivity contribution in [3.8, 4) is 0 Å². The van der Waals surface area contributed by atoms with Gasteiger partial charge in [-0.05, 0) is 26.3 Å². The predicted molar refractivity (Wildman–Crippen MR) is 94.6 cm³/mol. The normalized spacial score (nSPS) is 16.9. The zero-order chi connectivity index (χ0) is 18.8. The summed E-state index contributed by atoms with van der Waals surface area (Å²) in [5.74, 6) is -0.715. The lowest BCUT2D eigenvalue weighted by Crippen LogP contribution is -2.30. The third kappa shape index (κ3) is 3.37. The number of hydrogen-bond acceptors (Lipinski definition) is 6. The number of hydrogen-bond donors (Lipinski definition) is 1. The fraction of sp³-hybridized carbons (Fsp3) is 0.294. The minimum atomic E-state index is -0.548. The standard InChI is InChI=1S/C17H17N5O4/c1-4-12-10(3)18-17(20-16(12)25)22-13(7-9(2)21-22)19-15(24)11-5-6-14(23)26-8-11/h5-8,12H,4H2,1-3H3,(H,19,24). The van der Waals surface area contributed by atoms with Gasteiger partial charge in [-0.25, -0.2) is 9.79 Å². The molecule has 0 radical (unpaired) electrons. The number of aromatic nitrogens is 2. The van der Waals surface area contributed by atoms with E-state index in [1.54, 1.807) is 19.9 Å². The molecule has 0 spiro atoms. The number of carbonyl (C=O) groups is 2. The molecule has 26 heavy (non-hydrogen) atoms. The van der Waals surface area contributed by atoms with E-state index < -0.39 is 11.5 Å². The molecule has 2 amide bonds. The van der Waals surface area contributed by atoms with Gasteiger partial charge < -0.3 is 9.73 Å². The number of aryl methyl sites for hydroxylation is 1. The van der Waals surface area contributed by atoms with Crippen LogP contribution in [0.4, 0.5) is 5.82 Å². The Balaban J connectivity index is 1.92. The van der Waals surface area contributed by atoms with Gasteiger partial charge in [0.1, 0.15) is 12.1 Å². The lowest BCUT2D eigenvalue weighted by molar-refractivity contribution is -0.119. The van der Waals surface area contributed by atoms with E-state index in [4.69, 9.17) is 4.42 Å². The number of rotatable bonds is 3. The fourth-order valence-corrected chi connectivity index (χ4v) is 2.60. The summed E-state index contributed by atoms with van der Waals surface area (Å²) in [5.41, 5.74) is 0.883. The Morgan fingerprint density at radius 3 is 2.65 bits per heavy atom. The molecule has 3 rings (SSSR count). The van der Waals surface area contributed by atoms with E-state index >= 15 is 0 Å². The molecular weight excluding hydrogens is 338 g/mol. The van der Waals surface area contributed by atoms with Gasteiger partial charge in [0.05, 0.1) is 17.2 Å². The number of nitrogens with zero attached hydrogens (tertiary/aromatic N) is 4. The van der Waals surface area contributed by atoms with E-state index in [0.717, 1.165) is 12.3 Å². The number of anilines is 1. The van der Waals surface area contributed by atoms with Crippen molar-refractivity contribution in [1.82, 2.24) is 9.78 Å². The number of aliphatic imine (C=N–C) groups is 2.